The van der Waals surface area contributed by atoms with E-state index in [1.807, 2.05) is 0 Å². The minimum Gasteiger partial charge on any atom is -0.269 e. The number of H-pyrrole nitrogens is 1. The van der Waals surface area contributed by atoms with Gasteiger partial charge in [-0.2, -0.15) is 10.1 Å². The number of pyridine rings is 1. The van der Waals surface area contributed by atoms with Crippen LogP contribution in [-0.4, -0.2) is 19.7 Å². The van der Waals surface area contributed by atoms with Crippen molar-refractivity contribution in [2.24, 2.45) is 0 Å². The summed E-state index contributed by atoms with van der Waals surface area (Å²) in [5.41, 5.74) is -0.130. The molecule has 5 heteroatoms. The summed E-state index contributed by atoms with van der Waals surface area (Å²) in [6.45, 7) is 0. The van der Waals surface area contributed by atoms with Crippen molar-refractivity contribution >= 4 is 0 Å². The molecule has 0 aliphatic rings. The normalized spacial score (nSPS) is 10.0. The number of nitrogens with zero attached hydrogens (tertiary/aromatic N) is 3. The molecule has 12 heavy (non-hydrogen) atoms. The number of hydrogen-bond acceptors (Lipinski definition) is 3. The highest BCUT2D eigenvalue weighted by Crippen LogP contribution is 1.91. The van der Waals surface area contributed by atoms with Crippen molar-refractivity contribution in [3.05, 3.63) is 41.1 Å². The fraction of sp³-hybridized carbons (Fsp3) is 0. The zero-order valence-electron chi connectivity index (χ0n) is 6.14. The third-order valence-corrected chi connectivity index (χ3v) is 1.45. The SMILES string of the molecule is O=c1ccccn1-c1ncn[nH]1. The summed E-state index contributed by atoms with van der Waals surface area (Å²) < 4.78 is 1.38. The van der Waals surface area contributed by atoms with Crippen LogP contribution in [0.25, 0.3) is 5.95 Å². The van der Waals surface area contributed by atoms with Crippen molar-refractivity contribution in [2.45, 2.75) is 0 Å². The van der Waals surface area contributed by atoms with E-state index in [4.69, 9.17) is 0 Å². The third kappa shape index (κ3) is 1.01. The summed E-state index contributed by atoms with van der Waals surface area (Å²) in [6, 6.07) is 4.89. The Labute approximate surface area is 67.7 Å². The number of rotatable bonds is 1. The third-order valence-electron chi connectivity index (χ3n) is 1.45. The average molecular weight is 162 g/mol. The highest BCUT2D eigenvalue weighted by Gasteiger charge is 1.98. The number of aromatic nitrogens is 4. The molecule has 0 amide bonds. The Morgan fingerprint density at radius 2 is 2.33 bits per heavy atom. The maximum atomic E-state index is 11.2. The van der Waals surface area contributed by atoms with Crippen LogP contribution in [0, 0.1) is 0 Å². The molecule has 0 aromatic carbocycles. The lowest BCUT2D eigenvalue weighted by atomic mass is 10.5. The quantitative estimate of drug-likeness (QED) is 0.639. The second-order valence-corrected chi connectivity index (χ2v) is 2.22. The summed E-state index contributed by atoms with van der Waals surface area (Å²) in [5.74, 6) is 0.431. The molecule has 0 radical (unpaired) electrons. The molecule has 2 rings (SSSR count). The second kappa shape index (κ2) is 2.61. The summed E-state index contributed by atoms with van der Waals surface area (Å²) in [5, 5.41) is 6.24. The van der Waals surface area contributed by atoms with Crippen LogP contribution in [0.15, 0.2) is 35.5 Å². The van der Waals surface area contributed by atoms with Gasteiger partial charge in [0.05, 0.1) is 0 Å². The number of aromatic amines is 1. The van der Waals surface area contributed by atoms with E-state index in [-0.39, 0.29) is 5.56 Å². The summed E-state index contributed by atoms with van der Waals surface area (Å²) >= 11 is 0. The Hall–Kier alpha value is -1.91. The molecule has 0 unspecified atom stereocenters. The van der Waals surface area contributed by atoms with Crippen LogP contribution in [0.5, 0.6) is 0 Å². The zero-order valence-corrected chi connectivity index (χ0v) is 6.14. The molecular formula is C7H6N4O. The molecule has 60 valence electrons. The summed E-state index contributed by atoms with van der Waals surface area (Å²) in [7, 11) is 0. The lowest BCUT2D eigenvalue weighted by Gasteiger charge is -1.96. The Bertz CT molecular complexity index is 417. The first-order valence-corrected chi connectivity index (χ1v) is 3.41. The van der Waals surface area contributed by atoms with Gasteiger partial charge in [0.2, 0.25) is 5.95 Å². The minimum absolute atomic E-state index is 0.130. The highest BCUT2D eigenvalue weighted by atomic mass is 16.1. The predicted octanol–water partition coefficient (Wildman–Crippen LogP) is -0.0444. The lowest BCUT2D eigenvalue weighted by Crippen LogP contribution is -2.16. The smallest absolute Gasteiger partial charge is 0.257 e. The van der Waals surface area contributed by atoms with Crippen LogP contribution in [-0.2, 0) is 0 Å². The average Bonchev–Trinajstić information content (AvgIpc) is 2.57. The summed E-state index contributed by atoms with van der Waals surface area (Å²) in [4.78, 5) is 15.0. The van der Waals surface area contributed by atoms with E-state index in [1.165, 1.54) is 17.0 Å². The fourth-order valence-corrected chi connectivity index (χ4v) is 0.917. The minimum atomic E-state index is -0.130. The Morgan fingerprint density at radius 3 is 3.00 bits per heavy atom. The van der Waals surface area contributed by atoms with Crippen molar-refractivity contribution in [3.8, 4) is 5.95 Å². The molecule has 0 atom stereocenters. The van der Waals surface area contributed by atoms with Crippen molar-refractivity contribution in [1.29, 1.82) is 0 Å². The first-order valence-electron chi connectivity index (χ1n) is 3.41. The van der Waals surface area contributed by atoms with Gasteiger partial charge in [0, 0.05) is 12.3 Å². The first-order chi connectivity index (χ1) is 5.88. The van der Waals surface area contributed by atoms with Crippen LogP contribution in [0.4, 0.5) is 0 Å². The van der Waals surface area contributed by atoms with Crippen LogP contribution in [0.1, 0.15) is 0 Å². The molecule has 2 heterocycles. The van der Waals surface area contributed by atoms with Crippen LogP contribution in [0.3, 0.4) is 0 Å². The van der Waals surface area contributed by atoms with Gasteiger partial charge >= 0.3 is 0 Å². The van der Waals surface area contributed by atoms with Crippen molar-refractivity contribution in [1.82, 2.24) is 19.7 Å². The van der Waals surface area contributed by atoms with E-state index in [0.717, 1.165) is 0 Å². The van der Waals surface area contributed by atoms with Crippen molar-refractivity contribution in [2.75, 3.05) is 0 Å². The van der Waals surface area contributed by atoms with Gasteiger partial charge in [-0.05, 0) is 6.07 Å². The highest BCUT2D eigenvalue weighted by molar-refractivity contribution is 5.09. The fourth-order valence-electron chi connectivity index (χ4n) is 0.917. The molecule has 0 aliphatic carbocycles. The molecule has 2 aromatic heterocycles. The molecule has 0 aliphatic heterocycles. The van der Waals surface area contributed by atoms with Gasteiger partial charge in [0.1, 0.15) is 6.33 Å². The molecular weight excluding hydrogens is 156 g/mol. The molecule has 5 nitrogen and oxygen atoms in total. The Balaban J connectivity index is 2.63. The molecule has 0 saturated carbocycles. The first kappa shape index (κ1) is 6.78. The molecule has 0 bridgehead atoms. The van der Waals surface area contributed by atoms with Crippen molar-refractivity contribution < 1.29 is 0 Å². The van der Waals surface area contributed by atoms with Gasteiger partial charge in [0.25, 0.3) is 5.56 Å². The van der Waals surface area contributed by atoms with E-state index in [9.17, 15) is 4.79 Å². The van der Waals surface area contributed by atoms with Crippen LogP contribution in [0.2, 0.25) is 0 Å². The van der Waals surface area contributed by atoms with E-state index >= 15 is 0 Å². The van der Waals surface area contributed by atoms with Crippen molar-refractivity contribution in [3.63, 3.8) is 0 Å². The van der Waals surface area contributed by atoms with E-state index in [1.54, 1.807) is 18.3 Å². The van der Waals surface area contributed by atoms with Crippen LogP contribution >= 0.6 is 0 Å². The standard InChI is InChI=1S/C7H6N4O/c12-6-3-1-2-4-11(6)7-8-5-9-10-7/h1-5H,(H,8,9,10). The second-order valence-electron chi connectivity index (χ2n) is 2.22. The largest absolute Gasteiger partial charge is 0.269 e. The molecule has 0 fully saturated rings. The Morgan fingerprint density at radius 1 is 1.42 bits per heavy atom. The van der Waals surface area contributed by atoms with E-state index in [2.05, 4.69) is 15.2 Å². The van der Waals surface area contributed by atoms with Gasteiger partial charge in [-0.15, -0.1) is 0 Å². The topological polar surface area (TPSA) is 63.6 Å². The van der Waals surface area contributed by atoms with Gasteiger partial charge < -0.3 is 0 Å². The maximum absolute atomic E-state index is 11.2. The summed E-state index contributed by atoms with van der Waals surface area (Å²) in [6.07, 6.45) is 2.98. The Kier molecular flexibility index (Phi) is 1.48. The van der Waals surface area contributed by atoms with E-state index in [0.29, 0.717) is 5.95 Å². The molecule has 0 spiro atoms. The lowest BCUT2D eigenvalue weighted by molar-refractivity contribution is 0.892. The maximum Gasteiger partial charge on any atom is 0.257 e. The van der Waals surface area contributed by atoms with Gasteiger partial charge in [-0.1, -0.05) is 6.07 Å². The molecule has 1 N–H and O–H groups in total. The van der Waals surface area contributed by atoms with E-state index < -0.39 is 0 Å². The monoisotopic (exact) mass is 162 g/mol. The molecule has 0 saturated heterocycles. The van der Waals surface area contributed by atoms with Gasteiger partial charge in [-0.25, -0.2) is 5.10 Å². The number of hydrogen-bond donors (Lipinski definition) is 1. The zero-order chi connectivity index (χ0) is 8.39. The van der Waals surface area contributed by atoms with Crippen LogP contribution < -0.4 is 5.56 Å². The number of nitrogens with one attached hydrogen (secondary N) is 1. The van der Waals surface area contributed by atoms with Gasteiger partial charge in [-0.3, -0.25) is 9.36 Å². The predicted molar refractivity (Wildman–Crippen MR) is 42.0 cm³/mol. The van der Waals surface area contributed by atoms with Gasteiger partial charge in [0.15, 0.2) is 0 Å². The molecule has 2 aromatic rings.